The molecule has 104 heavy (non-hydrogen) atoms. The Bertz CT molecular complexity index is 2010. The summed E-state index contributed by atoms with van der Waals surface area (Å²) in [7, 11) is -9.93. The van der Waals surface area contributed by atoms with Gasteiger partial charge in [0.25, 0.3) is 0 Å². The SMILES string of the molecule is CCCCCCCCCCCCCCCCCCCCCCCC(=O)O[C@H](COC(=O)CCCCCCCCCCCCCCCCCCC(C)C)COP(=O)(O)OC[C@@H](O)COP(=O)(O)OC[C@@H](COC(=O)CCCCCCCCC(C)CC)OC(=O)CCCCCCCCCCCCC(C)CC. The van der Waals surface area contributed by atoms with Crippen LogP contribution >= 0.6 is 15.6 Å². The van der Waals surface area contributed by atoms with Crippen molar-refractivity contribution in [2.24, 2.45) is 17.8 Å². The van der Waals surface area contributed by atoms with Crippen LogP contribution < -0.4 is 0 Å². The molecule has 618 valence electrons. The zero-order valence-corrected chi connectivity index (χ0v) is 70.3. The van der Waals surface area contributed by atoms with Gasteiger partial charge in [-0.1, -0.05) is 395 Å². The number of phosphoric acid groups is 2. The van der Waals surface area contributed by atoms with E-state index in [1.165, 1.54) is 250 Å². The van der Waals surface area contributed by atoms with Crippen LogP contribution in [0.1, 0.15) is 447 Å². The molecule has 17 nitrogen and oxygen atoms in total. The molecule has 0 rings (SSSR count). The van der Waals surface area contributed by atoms with Crippen LogP contribution in [0, 0.1) is 17.8 Å². The monoisotopic (exact) mass is 1520 g/mol. The molecular formula is C85H166O17P2. The summed E-state index contributed by atoms with van der Waals surface area (Å²) in [5.41, 5.74) is 0. The zero-order valence-electron chi connectivity index (χ0n) is 68.5. The van der Waals surface area contributed by atoms with E-state index >= 15 is 0 Å². The number of hydrogen-bond acceptors (Lipinski definition) is 15. The lowest BCUT2D eigenvalue weighted by Crippen LogP contribution is -2.30. The van der Waals surface area contributed by atoms with Crippen molar-refractivity contribution in [2.45, 2.75) is 465 Å². The van der Waals surface area contributed by atoms with Crippen molar-refractivity contribution in [3.63, 3.8) is 0 Å². The number of aliphatic hydroxyl groups excluding tert-OH is 1. The van der Waals surface area contributed by atoms with Crippen molar-refractivity contribution in [3.05, 3.63) is 0 Å². The fraction of sp³-hybridized carbons (Fsp3) is 0.953. The molecule has 3 N–H and O–H groups in total. The molecule has 4 unspecified atom stereocenters. The van der Waals surface area contributed by atoms with E-state index in [1.807, 2.05) is 0 Å². The maximum absolute atomic E-state index is 13.1. The first-order valence-electron chi connectivity index (χ1n) is 43.9. The van der Waals surface area contributed by atoms with E-state index in [0.717, 1.165) is 114 Å². The Balaban J connectivity index is 5.23. The van der Waals surface area contributed by atoms with Gasteiger partial charge in [-0.25, -0.2) is 9.13 Å². The Morgan fingerprint density at radius 3 is 0.731 bits per heavy atom. The maximum Gasteiger partial charge on any atom is 0.472 e. The molecule has 0 aromatic carbocycles. The molecule has 7 atom stereocenters. The van der Waals surface area contributed by atoms with Crippen molar-refractivity contribution in [3.8, 4) is 0 Å². The molecule has 0 bridgehead atoms. The summed E-state index contributed by atoms with van der Waals surface area (Å²) < 4.78 is 68.8. The van der Waals surface area contributed by atoms with Gasteiger partial charge in [-0.05, 0) is 43.4 Å². The minimum absolute atomic E-state index is 0.105. The maximum atomic E-state index is 13.1. The van der Waals surface area contributed by atoms with Crippen LogP contribution in [0.25, 0.3) is 0 Å². The lowest BCUT2D eigenvalue weighted by molar-refractivity contribution is -0.161. The van der Waals surface area contributed by atoms with Crippen molar-refractivity contribution in [1.29, 1.82) is 0 Å². The molecule has 0 aromatic rings. The second-order valence-electron chi connectivity index (χ2n) is 31.5. The van der Waals surface area contributed by atoms with Crippen molar-refractivity contribution in [1.82, 2.24) is 0 Å². The second-order valence-corrected chi connectivity index (χ2v) is 34.4. The molecule has 0 saturated heterocycles. The van der Waals surface area contributed by atoms with E-state index in [2.05, 4.69) is 48.5 Å². The molecule has 0 fully saturated rings. The van der Waals surface area contributed by atoms with Crippen LogP contribution in [-0.4, -0.2) is 96.7 Å². The summed E-state index contributed by atoms with van der Waals surface area (Å²) in [6.45, 7) is 12.0. The van der Waals surface area contributed by atoms with Gasteiger partial charge < -0.3 is 33.8 Å². The quantitative estimate of drug-likeness (QED) is 0.0222. The van der Waals surface area contributed by atoms with Gasteiger partial charge in [-0.2, -0.15) is 0 Å². The molecule has 0 heterocycles. The summed E-state index contributed by atoms with van der Waals surface area (Å²) in [4.78, 5) is 73.2. The van der Waals surface area contributed by atoms with Gasteiger partial charge in [0.05, 0.1) is 26.4 Å². The highest BCUT2D eigenvalue weighted by Crippen LogP contribution is 2.45. The number of rotatable bonds is 83. The number of hydrogen-bond donors (Lipinski definition) is 3. The Labute approximate surface area is 638 Å². The predicted octanol–water partition coefficient (Wildman–Crippen LogP) is 25.7. The third-order valence-corrected chi connectivity index (χ3v) is 22.5. The minimum Gasteiger partial charge on any atom is -0.462 e. The van der Waals surface area contributed by atoms with Gasteiger partial charge in [0.1, 0.15) is 19.3 Å². The van der Waals surface area contributed by atoms with E-state index in [-0.39, 0.29) is 25.7 Å². The standard InChI is InChI=1S/C85H166O17P2/c1-8-11-12-13-14-15-16-17-18-19-20-21-22-23-28-31-34-40-45-54-61-68-84(89)101-80(72-95-82(87)66-59-52-44-39-33-30-27-25-24-26-29-32-37-42-49-56-63-76(4)5)74-99-103(91,92)97-70-79(86)71-98-104(93,94)100-75-81(73-96-83(88)67-60-53-48-47-51-58-65-78(7)10-3)102-85(90)69-62-55-46-41-36-35-38-43-50-57-64-77(6)9-2/h76-81,86H,8-75H2,1-7H3,(H,91,92)(H,93,94)/t77?,78?,79-,80-,81-/m1/s1. The first-order chi connectivity index (χ1) is 50.3. The fourth-order valence-corrected chi connectivity index (χ4v) is 14.7. The largest absolute Gasteiger partial charge is 0.472 e. The van der Waals surface area contributed by atoms with Crippen LogP contribution in [0.5, 0.6) is 0 Å². The lowest BCUT2D eigenvalue weighted by atomic mass is 9.99. The first-order valence-corrected chi connectivity index (χ1v) is 46.9. The van der Waals surface area contributed by atoms with Crippen LogP contribution in [0.15, 0.2) is 0 Å². The number of phosphoric ester groups is 2. The Morgan fingerprint density at radius 1 is 0.279 bits per heavy atom. The normalized spacial score (nSPS) is 14.4. The molecule has 0 radical (unpaired) electrons. The van der Waals surface area contributed by atoms with Gasteiger partial charge in [0, 0.05) is 25.7 Å². The number of ether oxygens (including phenoxy) is 4. The van der Waals surface area contributed by atoms with E-state index in [0.29, 0.717) is 25.7 Å². The van der Waals surface area contributed by atoms with E-state index in [9.17, 15) is 43.2 Å². The van der Waals surface area contributed by atoms with Crippen LogP contribution in [0.3, 0.4) is 0 Å². The predicted molar refractivity (Wildman–Crippen MR) is 428 cm³/mol. The third-order valence-electron chi connectivity index (χ3n) is 20.6. The highest BCUT2D eigenvalue weighted by molar-refractivity contribution is 7.47. The summed E-state index contributed by atoms with van der Waals surface area (Å²) in [6, 6.07) is 0. The molecule has 0 spiro atoms. The third kappa shape index (κ3) is 75.5. The highest BCUT2D eigenvalue weighted by atomic mass is 31.2. The van der Waals surface area contributed by atoms with Crippen LogP contribution in [0.4, 0.5) is 0 Å². The highest BCUT2D eigenvalue weighted by Gasteiger charge is 2.30. The van der Waals surface area contributed by atoms with Crippen LogP contribution in [-0.2, 0) is 65.4 Å². The summed E-state index contributed by atoms with van der Waals surface area (Å²) in [5.74, 6) is 0.238. The van der Waals surface area contributed by atoms with E-state index in [4.69, 9.17) is 37.0 Å². The average molecular weight is 1520 g/mol. The van der Waals surface area contributed by atoms with Gasteiger partial charge in [-0.3, -0.25) is 37.3 Å². The molecular weight excluding hydrogens is 1350 g/mol. The topological polar surface area (TPSA) is 237 Å². The Morgan fingerprint density at radius 2 is 0.490 bits per heavy atom. The number of carbonyl (C=O) groups excluding carboxylic acids is 4. The van der Waals surface area contributed by atoms with Crippen molar-refractivity contribution >= 4 is 39.5 Å². The van der Waals surface area contributed by atoms with Crippen molar-refractivity contribution < 1.29 is 80.2 Å². The molecule has 0 aliphatic heterocycles. The summed E-state index contributed by atoms with van der Waals surface area (Å²) in [6.07, 6.45) is 65.3. The second kappa shape index (κ2) is 75.1. The van der Waals surface area contributed by atoms with Gasteiger partial charge >= 0.3 is 39.5 Å². The first kappa shape index (κ1) is 102. The minimum atomic E-state index is -4.97. The lowest BCUT2D eigenvalue weighted by Gasteiger charge is -2.21. The van der Waals surface area contributed by atoms with Crippen molar-refractivity contribution in [2.75, 3.05) is 39.6 Å². The molecule has 0 saturated carbocycles. The number of unbranched alkanes of at least 4 members (excludes halogenated alkanes) is 49. The van der Waals surface area contributed by atoms with Gasteiger partial charge in [0.2, 0.25) is 0 Å². The van der Waals surface area contributed by atoms with Gasteiger partial charge in [-0.15, -0.1) is 0 Å². The molecule has 0 aliphatic rings. The number of carbonyl (C=O) groups is 4. The summed E-state index contributed by atoms with van der Waals surface area (Å²) >= 11 is 0. The smallest absolute Gasteiger partial charge is 0.462 e. The average Bonchev–Trinajstić information content (AvgIpc) is 0.923. The Hall–Kier alpha value is -1.94. The number of esters is 4. The molecule has 0 amide bonds. The number of aliphatic hydroxyl groups is 1. The molecule has 0 aromatic heterocycles. The zero-order chi connectivity index (χ0) is 76.5. The van der Waals surface area contributed by atoms with E-state index in [1.54, 1.807) is 0 Å². The molecule has 0 aliphatic carbocycles. The van der Waals surface area contributed by atoms with E-state index < -0.39 is 97.5 Å². The fourth-order valence-electron chi connectivity index (χ4n) is 13.1. The van der Waals surface area contributed by atoms with Gasteiger partial charge in [0.15, 0.2) is 12.2 Å². The molecule has 19 heteroatoms. The summed E-state index contributed by atoms with van der Waals surface area (Å²) in [5, 5.41) is 10.7. The Kier molecular flexibility index (Phi) is 73.7. The van der Waals surface area contributed by atoms with Crippen LogP contribution in [0.2, 0.25) is 0 Å².